The fraction of sp³-hybridized carbons (Fsp3) is 0.0526. The maximum atomic E-state index is 12.1. The molecule has 28 heavy (non-hydrogen) atoms. The maximum absolute atomic E-state index is 12.1. The van der Waals surface area contributed by atoms with E-state index >= 15 is 0 Å². The van der Waals surface area contributed by atoms with Gasteiger partial charge in [-0.3, -0.25) is 5.32 Å². The Morgan fingerprint density at radius 3 is 2.71 bits per heavy atom. The van der Waals surface area contributed by atoms with Gasteiger partial charge in [-0.2, -0.15) is 0 Å². The number of nitrogens with zero attached hydrogens (tertiary/aromatic N) is 3. The van der Waals surface area contributed by atoms with Crippen LogP contribution in [0.2, 0.25) is 5.02 Å². The van der Waals surface area contributed by atoms with Crippen molar-refractivity contribution < 1.29 is 19.1 Å². The van der Waals surface area contributed by atoms with Crippen LogP contribution in [0.5, 0.6) is 0 Å². The topological polar surface area (TPSA) is 95.3 Å². The van der Waals surface area contributed by atoms with Crippen LogP contribution in [0.1, 0.15) is 16.1 Å². The highest BCUT2D eigenvalue weighted by molar-refractivity contribution is 6.32. The number of terminal acetylenes is 1. The van der Waals surface area contributed by atoms with Crippen LogP contribution >= 0.6 is 11.6 Å². The Labute approximate surface area is 165 Å². The van der Waals surface area contributed by atoms with E-state index in [-0.39, 0.29) is 29.0 Å². The first-order chi connectivity index (χ1) is 13.6. The highest BCUT2D eigenvalue weighted by Gasteiger charge is 2.21. The molecule has 0 saturated carbocycles. The molecule has 2 aromatic heterocycles. The number of halogens is 1. The van der Waals surface area contributed by atoms with Crippen LogP contribution in [-0.2, 0) is 16.1 Å². The SMILES string of the molecule is C#COC(=O)c1cc(NC(=O)OCc2ccccc2)nn1-c1ncccc1Cl. The van der Waals surface area contributed by atoms with E-state index < -0.39 is 12.1 Å². The third-order valence-electron chi connectivity index (χ3n) is 3.45. The van der Waals surface area contributed by atoms with Gasteiger partial charge >= 0.3 is 12.1 Å². The van der Waals surface area contributed by atoms with Gasteiger partial charge in [0.2, 0.25) is 0 Å². The van der Waals surface area contributed by atoms with Gasteiger partial charge < -0.3 is 9.47 Å². The maximum Gasteiger partial charge on any atom is 0.413 e. The van der Waals surface area contributed by atoms with Gasteiger partial charge in [-0.15, -0.1) is 5.10 Å². The Bertz CT molecular complexity index is 1040. The van der Waals surface area contributed by atoms with Gasteiger partial charge in [0.05, 0.1) is 5.02 Å². The van der Waals surface area contributed by atoms with E-state index in [4.69, 9.17) is 22.8 Å². The molecule has 0 aliphatic heterocycles. The summed E-state index contributed by atoms with van der Waals surface area (Å²) in [7, 11) is 0. The second-order valence-corrected chi connectivity index (χ2v) is 5.74. The second kappa shape index (κ2) is 8.70. The van der Waals surface area contributed by atoms with Crippen molar-refractivity contribution in [1.82, 2.24) is 14.8 Å². The smallest absolute Gasteiger partial charge is 0.413 e. The molecule has 9 heteroatoms. The highest BCUT2D eigenvalue weighted by Crippen LogP contribution is 2.21. The van der Waals surface area contributed by atoms with E-state index in [1.165, 1.54) is 12.3 Å². The number of carbonyl (C=O) groups is 2. The van der Waals surface area contributed by atoms with E-state index in [0.29, 0.717) is 0 Å². The standard InChI is InChI=1S/C19H13ClN4O4/c1-2-27-18(25)15-11-16(23-24(15)17-14(20)9-6-10-21-17)22-19(26)28-12-13-7-4-3-5-8-13/h1,3-11H,12H2,(H,22,23,26). The summed E-state index contributed by atoms with van der Waals surface area (Å²) in [5, 5.41) is 6.80. The fourth-order valence-corrected chi connectivity index (χ4v) is 2.45. The summed E-state index contributed by atoms with van der Waals surface area (Å²) in [6.45, 7) is 0.0748. The van der Waals surface area contributed by atoms with Gasteiger partial charge in [0.1, 0.15) is 12.7 Å². The molecule has 1 N–H and O–H groups in total. The molecular weight excluding hydrogens is 384 g/mol. The van der Waals surface area contributed by atoms with Crippen molar-refractivity contribution in [1.29, 1.82) is 0 Å². The molecule has 3 rings (SSSR count). The summed E-state index contributed by atoms with van der Waals surface area (Å²) >= 11 is 6.12. The molecule has 0 bridgehead atoms. The van der Waals surface area contributed by atoms with Crippen LogP contribution in [0.4, 0.5) is 10.6 Å². The van der Waals surface area contributed by atoms with Gasteiger partial charge in [0.15, 0.2) is 17.3 Å². The van der Waals surface area contributed by atoms with Gasteiger partial charge in [-0.1, -0.05) is 48.4 Å². The van der Waals surface area contributed by atoms with Crippen molar-refractivity contribution in [2.24, 2.45) is 0 Å². The van der Waals surface area contributed by atoms with Crippen molar-refractivity contribution in [3.63, 3.8) is 0 Å². The van der Waals surface area contributed by atoms with Crippen molar-refractivity contribution in [2.45, 2.75) is 6.61 Å². The normalized spacial score (nSPS) is 10.0. The van der Waals surface area contributed by atoms with Crippen molar-refractivity contribution >= 4 is 29.5 Å². The summed E-state index contributed by atoms with van der Waals surface area (Å²) in [6, 6.07) is 13.6. The molecule has 0 spiro atoms. The first-order valence-corrected chi connectivity index (χ1v) is 8.31. The van der Waals surface area contributed by atoms with Crippen LogP contribution in [0.15, 0.2) is 54.7 Å². The lowest BCUT2D eigenvalue weighted by molar-refractivity contribution is 0.0681. The van der Waals surface area contributed by atoms with Crippen molar-refractivity contribution in [3.8, 4) is 18.3 Å². The highest BCUT2D eigenvalue weighted by atomic mass is 35.5. The number of ether oxygens (including phenoxy) is 2. The summed E-state index contributed by atoms with van der Waals surface area (Å²) in [5.74, 6) is -0.662. The Morgan fingerprint density at radius 2 is 2.00 bits per heavy atom. The van der Waals surface area contributed by atoms with Crippen molar-refractivity contribution in [3.05, 3.63) is 71.0 Å². The summed E-state index contributed by atoms with van der Waals surface area (Å²) < 4.78 is 10.8. The number of aromatic nitrogens is 3. The molecule has 0 radical (unpaired) electrons. The lowest BCUT2D eigenvalue weighted by atomic mass is 10.2. The summed E-state index contributed by atoms with van der Waals surface area (Å²) in [4.78, 5) is 28.2. The molecule has 0 aliphatic carbocycles. The van der Waals surface area contributed by atoms with Crippen LogP contribution in [0, 0.1) is 12.5 Å². The molecule has 0 fully saturated rings. The number of anilines is 1. The zero-order chi connectivity index (χ0) is 19.9. The van der Waals surface area contributed by atoms with Crippen molar-refractivity contribution in [2.75, 3.05) is 5.32 Å². The van der Waals surface area contributed by atoms with E-state index in [0.717, 1.165) is 10.2 Å². The third kappa shape index (κ3) is 4.47. The van der Waals surface area contributed by atoms with Gasteiger partial charge in [-0.05, 0) is 17.7 Å². The van der Waals surface area contributed by atoms with E-state index in [1.54, 1.807) is 18.2 Å². The van der Waals surface area contributed by atoms with E-state index in [2.05, 4.69) is 20.1 Å². The Kier molecular flexibility index (Phi) is 5.89. The lowest BCUT2D eigenvalue weighted by Crippen LogP contribution is -2.14. The van der Waals surface area contributed by atoms with Gasteiger partial charge in [0, 0.05) is 12.3 Å². The molecule has 0 unspecified atom stereocenters. The first-order valence-electron chi connectivity index (χ1n) is 7.94. The lowest BCUT2D eigenvalue weighted by Gasteiger charge is -2.06. The summed E-state index contributed by atoms with van der Waals surface area (Å²) in [6.07, 6.45) is 7.53. The summed E-state index contributed by atoms with van der Waals surface area (Å²) in [5.41, 5.74) is 0.749. The predicted octanol–water partition coefficient (Wildman–Crippen LogP) is 3.42. The minimum Gasteiger partial charge on any atom is -0.444 e. The fourth-order valence-electron chi connectivity index (χ4n) is 2.25. The Morgan fingerprint density at radius 1 is 1.21 bits per heavy atom. The first kappa shape index (κ1) is 18.9. The number of nitrogens with one attached hydrogen (secondary N) is 1. The zero-order valence-electron chi connectivity index (χ0n) is 14.3. The average molecular weight is 397 g/mol. The van der Waals surface area contributed by atoms with E-state index in [1.807, 2.05) is 30.3 Å². The number of hydrogen-bond donors (Lipinski definition) is 1. The second-order valence-electron chi connectivity index (χ2n) is 5.33. The molecule has 1 amide bonds. The minimum atomic E-state index is -0.859. The Hall–Kier alpha value is -3.83. The molecule has 140 valence electrons. The number of amides is 1. The predicted molar refractivity (Wildman–Crippen MR) is 101 cm³/mol. The zero-order valence-corrected chi connectivity index (χ0v) is 15.1. The third-order valence-corrected chi connectivity index (χ3v) is 3.75. The number of hydrogen-bond acceptors (Lipinski definition) is 6. The number of esters is 1. The molecule has 8 nitrogen and oxygen atoms in total. The number of carbonyl (C=O) groups excluding carboxylic acids is 2. The number of benzene rings is 1. The molecule has 0 atom stereocenters. The quantitative estimate of drug-likeness (QED) is 0.524. The molecule has 3 aromatic rings. The van der Waals surface area contributed by atoms with Gasteiger partial charge in [-0.25, -0.2) is 19.3 Å². The molecular formula is C19H13ClN4O4. The van der Waals surface area contributed by atoms with Crippen LogP contribution in [0.3, 0.4) is 0 Å². The van der Waals surface area contributed by atoms with E-state index in [9.17, 15) is 9.59 Å². The molecule has 2 heterocycles. The largest absolute Gasteiger partial charge is 0.444 e. The van der Waals surface area contributed by atoms with Crippen LogP contribution in [-0.4, -0.2) is 26.8 Å². The average Bonchev–Trinajstić information content (AvgIpc) is 3.11. The number of pyridine rings is 1. The van der Waals surface area contributed by atoms with Crippen LogP contribution < -0.4 is 5.32 Å². The molecule has 0 aliphatic rings. The monoisotopic (exact) mass is 396 g/mol. The molecule has 1 aromatic carbocycles. The Balaban J connectivity index is 1.81. The van der Waals surface area contributed by atoms with Crippen LogP contribution in [0.25, 0.3) is 5.82 Å². The minimum absolute atomic E-state index is 0.0313. The van der Waals surface area contributed by atoms with Gasteiger partial charge in [0.25, 0.3) is 0 Å². The number of rotatable bonds is 5. The molecule has 0 saturated heterocycles.